The standard InChI is InChI=1S/C18H18F2N2O5/c19-12-4-3-11(9-13(12)20)14(23)10-27-15(24)5-8-22-16(25)18(21-17(22)26)6-1-2-7-18/h3-4,9H,1-2,5-8,10H2,(H,21,26). The van der Waals surface area contributed by atoms with Crippen LogP contribution in [0.1, 0.15) is 42.5 Å². The van der Waals surface area contributed by atoms with Gasteiger partial charge in [-0.05, 0) is 31.0 Å². The molecule has 9 heteroatoms. The molecule has 0 radical (unpaired) electrons. The molecule has 7 nitrogen and oxygen atoms in total. The zero-order valence-corrected chi connectivity index (χ0v) is 14.4. The minimum absolute atomic E-state index is 0.126. The van der Waals surface area contributed by atoms with E-state index in [1.165, 1.54) is 0 Å². The van der Waals surface area contributed by atoms with Gasteiger partial charge in [-0.15, -0.1) is 0 Å². The Kier molecular flexibility index (Phi) is 5.20. The van der Waals surface area contributed by atoms with E-state index in [9.17, 15) is 28.0 Å². The lowest BCUT2D eigenvalue weighted by molar-refractivity contribution is -0.143. The second-order valence-corrected chi connectivity index (χ2v) is 6.64. The Hall–Kier alpha value is -2.84. The van der Waals surface area contributed by atoms with Crippen LogP contribution < -0.4 is 5.32 Å². The van der Waals surface area contributed by atoms with Gasteiger partial charge in [-0.25, -0.2) is 13.6 Å². The highest BCUT2D eigenvalue weighted by molar-refractivity contribution is 6.07. The van der Waals surface area contributed by atoms with Crippen LogP contribution in [0.25, 0.3) is 0 Å². The number of ketones is 1. The fourth-order valence-electron chi connectivity index (χ4n) is 3.37. The number of hydrogen-bond acceptors (Lipinski definition) is 5. The van der Waals surface area contributed by atoms with E-state index in [1.54, 1.807) is 0 Å². The summed E-state index contributed by atoms with van der Waals surface area (Å²) >= 11 is 0. The highest BCUT2D eigenvalue weighted by Crippen LogP contribution is 2.35. The number of esters is 1. The average Bonchev–Trinajstić information content (AvgIpc) is 3.19. The molecule has 3 rings (SSSR count). The lowest BCUT2D eigenvalue weighted by atomic mass is 9.98. The van der Waals surface area contributed by atoms with E-state index in [-0.39, 0.29) is 24.4 Å². The average molecular weight is 380 g/mol. The molecular weight excluding hydrogens is 362 g/mol. The number of Topliss-reactive ketones (excluding diaryl/α,β-unsaturated/α-hetero) is 1. The van der Waals surface area contributed by atoms with Crippen molar-refractivity contribution in [1.82, 2.24) is 10.2 Å². The summed E-state index contributed by atoms with van der Waals surface area (Å²) in [6.07, 6.45) is 2.62. The molecule has 144 valence electrons. The van der Waals surface area contributed by atoms with E-state index in [1.807, 2.05) is 0 Å². The van der Waals surface area contributed by atoms with Gasteiger partial charge in [0, 0.05) is 12.1 Å². The number of benzene rings is 1. The molecule has 3 amide bonds. The highest BCUT2D eigenvalue weighted by atomic mass is 19.2. The summed E-state index contributed by atoms with van der Waals surface area (Å²) < 4.78 is 30.8. The first-order valence-corrected chi connectivity index (χ1v) is 8.60. The van der Waals surface area contributed by atoms with Gasteiger partial charge in [0.05, 0.1) is 6.42 Å². The van der Waals surface area contributed by atoms with Crippen molar-refractivity contribution in [2.75, 3.05) is 13.2 Å². The number of amides is 3. The van der Waals surface area contributed by atoms with Gasteiger partial charge in [-0.1, -0.05) is 12.8 Å². The van der Waals surface area contributed by atoms with Crippen LogP contribution in [0.2, 0.25) is 0 Å². The Bertz CT molecular complexity index is 805. The maximum absolute atomic E-state index is 13.1. The zero-order valence-electron chi connectivity index (χ0n) is 14.4. The molecule has 0 aromatic heterocycles. The number of nitrogens with zero attached hydrogens (tertiary/aromatic N) is 1. The van der Waals surface area contributed by atoms with E-state index in [0.717, 1.165) is 35.9 Å². The van der Waals surface area contributed by atoms with E-state index < -0.39 is 41.6 Å². The van der Waals surface area contributed by atoms with E-state index in [0.29, 0.717) is 12.8 Å². The van der Waals surface area contributed by atoms with E-state index >= 15 is 0 Å². The van der Waals surface area contributed by atoms with Gasteiger partial charge < -0.3 is 10.1 Å². The molecular formula is C18H18F2N2O5. The van der Waals surface area contributed by atoms with E-state index in [4.69, 9.17) is 4.74 Å². The number of urea groups is 1. The summed E-state index contributed by atoms with van der Waals surface area (Å²) in [5, 5.41) is 2.70. The molecule has 1 saturated heterocycles. The SMILES string of the molecule is O=C(CCN1C(=O)NC2(CCCC2)C1=O)OCC(=O)c1ccc(F)c(F)c1. The van der Waals surface area contributed by atoms with Crippen molar-refractivity contribution < 1.29 is 32.7 Å². The monoisotopic (exact) mass is 380 g/mol. The highest BCUT2D eigenvalue weighted by Gasteiger charge is 2.52. The molecule has 2 fully saturated rings. The lowest BCUT2D eigenvalue weighted by Crippen LogP contribution is -2.44. The van der Waals surface area contributed by atoms with Gasteiger partial charge in [0.1, 0.15) is 5.54 Å². The molecule has 1 heterocycles. The summed E-state index contributed by atoms with van der Waals surface area (Å²) in [6, 6.07) is 2.08. The van der Waals surface area contributed by atoms with Gasteiger partial charge in [0.15, 0.2) is 24.0 Å². The summed E-state index contributed by atoms with van der Waals surface area (Å²) in [4.78, 5) is 49.1. The molecule has 27 heavy (non-hydrogen) atoms. The Morgan fingerprint density at radius 1 is 1.15 bits per heavy atom. The number of ether oxygens (including phenoxy) is 1. The molecule has 0 bridgehead atoms. The molecule has 1 spiro atoms. The largest absolute Gasteiger partial charge is 0.457 e. The Balaban J connectivity index is 1.48. The van der Waals surface area contributed by atoms with Crippen LogP contribution in [0, 0.1) is 11.6 Å². The smallest absolute Gasteiger partial charge is 0.325 e. The quantitative estimate of drug-likeness (QED) is 0.463. The van der Waals surface area contributed by atoms with Crippen LogP contribution in [0.3, 0.4) is 0 Å². The van der Waals surface area contributed by atoms with Crippen molar-refractivity contribution in [2.45, 2.75) is 37.6 Å². The fraction of sp³-hybridized carbons (Fsp3) is 0.444. The summed E-state index contributed by atoms with van der Waals surface area (Å²) in [5.74, 6) is -4.07. The Labute approximate surface area is 153 Å². The van der Waals surface area contributed by atoms with Crippen molar-refractivity contribution in [2.24, 2.45) is 0 Å². The molecule has 1 aliphatic carbocycles. The normalized spacial score (nSPS) is 18.1. The zero-order chi connectivity index (χ0) is 19.6. The predicted octanol–water partition coefficient (Wildman–Crippen LogP) is 1.95. The molecule has 1 aromatic rings. The molecule has 0 unspecified atom stereocenters. The number of hydrogen-bond donors (Lipinski definition) is 1. The minimum Gasteiger partial charge on any atom is -0.457 e. The third-order valence-electron chi connectivity index (χ3n) is 4.85. The molecule has 2 aliphatic rings. The third kappa shape index (κ3) is 3.81. The number of imide groups is 1. The maximum Gasteiger partial charge on any atom is 0.325 e. The van der Waals surface area contributed by atoms with Crippen molar-refractivity contribution in [3.8, 4) is 0 Å². The first-order valence-electron chi connectivity index (χ1n) is 8.60. The third-order valence-corrected chi connectivity index (χ3v) is 4.85. The number of carbonyl (C=O) groups is 4. The summed E-state index contributed by atoms with van der Waals surface area (Å²) in [5.41, 5.74) is -0.970. The number of rotatable bonds is 6. The van der Waals surface area contributed by atoms with Crippen molar-refractivity contribution >= 4 is 23.7 Å². The predicted molar refractivity (Wildman–Crippen MR) is 87.7 cm³/mol. The summed E-state index contributed by atoms with van der Waals surface area (Å²) in [6.45, 7) is -0.793. The fourth-order valence-corrected chi connectivity index (χ4v) is 3.37. The van der Waals surface area contributed by atoms with Crippen LogP contribution >= 0.6 is 0 Å². The molecule has 1 aromatic carbocycles. The Morgan fingerprint density at radius 3 is 2.52 bits per heavy atom. The summed E-state index contributed by atoms with van der Waals surface area (Å²) in [7, 11) is 0. The van der Waals surface area contributed by atoms with Gasteiger partial charge in [0.2, 0.25) is 0 Å². The molecule has 0 atom stereocenters. The Morgan fingerprint density at radius 2 is 1.85 bits per heavy atom. The first-order chi connectivity index (χ1) is 12.8. The number of carbonyl (C=O) groups excluding carboxylic acids is 4. The van der Waals surface area contributed by atoms with Gasteiger partial charge in [-0.3, -0.25) is 19.3 Å². The van der Waals surface area contributed by atoms with Crippen molar-refractivity contribution in [3.63, 3.8) is 0 Å². The minimum atomic E-state index is -1.17. The number of nitrogens with one attached hydrogen (secondary N) is 1. The van der Waals surface area contributed by atoms with Gasteiger partial charge in [-0.2, -0.15) is 0 Å². The number of halogens is 2. The second-order valence-electron chi connectivity index (χ2n) is 6.64. The van der Waals surface area contributed by atoms with Crippen LogP contribution in [0.5, 0.6) is 0 Å². The molecule has 1 saturated carbocycles. The van der Waals surface area contributed by atoms with Crippen LogP contribution in [0.15, 0.2) is 18.2 Å². The van der Waals surface area contributed by atoms with Gasteiger partial charge in [0.25, 0.3) is 5.91 Å². The van der Waals surface area contributed by atoms with Gasteiger partial charge >= 0.3 is 12.0 Å². The van der Waals surface area contributed by atoms with Crippen LogP contribution in [-0.4, -0.2) is 47.3 Å². The second kappa shape index (κ2) is 7.42. The van der Waals surface area contributed by atoms with Crippen molar-refractivity contribution in [3.05, 3.63) is 35.4 Å². The van der Waals surface area contributed by atoms with Crippen LogP contribution in [0.4, 0.5) is 13.6 Å². The topological polar surface area (TPSA) is 92.8 Å². The molecule has 1 aliphatic heterocycles. The maximum atomic E-state index is 13.1. The van der Waals surface area contributed by atoms with Crippen LogP contribution in [-0.2, 0) is 14.3 Å². The first kappa shape index (κ1) is 18.9. The van der Waals surface area contributed by atoms with E-state index in [2.05, 4.69) is 5.32 Å². The lowest BCUT2D eigenvalue weighted by Gasteiger charge is -2.19. The van der Waals surface area contributed by atoms with Crippen molar-refractivity contribution in [1.29, 1.82) is 0 Å². The molecule has 1 N–H and O–H groups in total.